The lowest BCUT2D eigenvalue weighted by Gasteiger charge is -2.35. The van der Waals surface area contributed by atoms with Gasteiger partial charge in [-0.3, -0.25) is 4.72 Å². The summed E-state index contributed by atoms with van der Waals surface area (Å²) < 4.78 is 53.2. The van der Waals surface area contributed by atoms with Crippen molar-refractivity contribution in [3.8, 4) is 22.1 Å². The number of aromatic nitrogens is 1. The van der Waals surface area contributed by atoms with E-state index < -0.39 is 27.4 Å². The number of carboxylic acids is 1. The fraction of sp³-hybridized carbons (Fsp3) is 0.385. The summed E-state index contributed by atoms with van der Waals surface area (Å²) in [7, 11) is -1.36. The molecule has 1 aromatic heterocycles. The number of nitrogens with one attached hydrogen (secondary N) is 1. The van der Waals surface area contributed by atoms with Gasteiger partial charge in [-0.1, -0.05) is 26.0 Å². The summed E-state index contributed by atoms with van der Waals surface area (Å²) in [6.07, 6.45) is 4.48. The molecule has 1 saturated carbocycles. The number of carboxylic acid groups (broad SMARTS) is 1. The summed E-state index contributed by atoms with van der Waals surface area (Å²) in [5.41, 5.74) is 1.35. The van der Waals surface area contributed by atoms with Gasteiger partial charge in [0.05, 0.1) is 25.5 Å². The second-order valence-corrected chi connectivity index (χ2v) is 12.3. The molecule has 8 nitrogen and oxygen atoms in total. The Hall–Kier alpha value is -3.18. The van der Waals surface area contributed by atoms with Gasteiger partial charge >= 0.3 is 5.97 Å². The molecule has 2 N–H and O–H groups in total. The van der Waals surface area contributed by atoms with Crippen molar-refractivity contribution < 1.29 is 32.2 Å². The third-order valence-electron chi connectivity index (χ3n) is 6.78. The lowest BCUT2D eigenvalue weighted by Crippen LogP contribution is -2.20. The van der Waals surface area contributed by atoms with Crippen LogP contribution < -0.4 is 14.2 Å². The molecule has 1 heterocycles. The highest BCUT2D eigenvalue weighted by Gasteiger charge is 2.29. The number of anilines is 1. The van der Waals surface area contributed by atoms with Crippen molar-refractivity contribution in [2.75, 3.05) is 18.9 Å². The van der Waals surface area contributed by atoms with Crippen LogP contribution >= 0.6 is 11.3 Å². The maximum atomic E-state index is 14.2. The second kappa shape index (κ2) is 10.3. The van der Waals surface area contributed by atoms with Gasteiger partial charge in [-0.2, -0.15) is 8.42 Å². The van der Waals surface area contributed by atoms with Gasteiger partial charge in [0.25, 0.3) is 10.0 Å². The molecule has 0 unspecified atom stereocenters. The first-order valence-electron chi connectivity index (χ1n) is 11.7. The molecule has 0 bridgehead atoms. The fourth-order valence-corrected chi connectivity index (χ4v) is 6.72. The largest absolute Gasteiger partial charge is 0.496 e. The van der Waals surface area contributed by atoms with Crippen LogP contribution in [0.1, 0.15) is 61.4 Å². The summed E-state index contributed by atoms with van der Waals surface area (Å²) in [6, 6.07) is 7.51. The third kappa shape index (κ3) is 5.72. The van der Waals surface area contributed by atoms with Gasteiger partial charge in [0.2, 0.25) is 0 Å². The first-order valence-corrected chi connectivity index (χ1v) is 14.1. The van der Waals surface area contributed by atoms with Crippen LogP contribution in [0.3, 0.4) is 0 Å². The van der Waals surface area contributed by atoms with Crippen LogP contribution in [0.15, 0.2) is 40.7 Å². The fourth-order valence-electron chi connectivity index (χ4n) is 4.57. The Labute approximate surface area is 219 Å². The average Bonchev–Trinajstić information content (AvgIpc) is 3.35. The van der Waals surface area contributed by atoms with Crippen molar-refractivity contribution in [1.29, 1.82) is 0 Å². The number of aromatic carboxylic acids is 1. The van der Waals surface area contributed by atoms with Crippen LogP contribution in [-0.4, -0.2) is 38.7 Å². The lowest BCUT2D eigenvalue weighted by molar-refractivity contribution is 0.0691. The molecule has 0 aliphatic heterocycles. The molecule has 11 heteroatoms. The molecule has 0 atom stereocenters. The minimum Gasteiger partial charge on any atom is -0.496 e. The topological polar surface area (TPSA) is 115 Å². The van der Waals surface area contributed by atoms with Crippen LogP contribution in [0.25, 0.3) is 10.6 Å². The molecule has 0 radical (unpaired) electrons. The molecule has 37 heavy (non-hydrogen) atoms. The molecule has 4 rings (SSSR count). The van der Waals surface area contributed by atoms with E-state index in [1.54, 1.807) is 7.11 Å². The van der Waals surface area contributed by atoms with E-state index in [9.17, 15) is 17.6 Å². The highest BCUT2D eigenvalue weighted by Crippen LogP contribution is 2.45. The van der Waals surface area contributed by atoms with Crippen molar-refractivity contribution in [2.45, 2.75) is 50.5 Å². The molecule has 1 aliphatic carbocycles. The number of halogens is 1. The molecular formula is C26H29FN2O6S2. The Morgan fingerprint density at radius 2 is 1.81 bits per heavy atom. The SMILES string of the molecule is COc1cc(C(=O)O)c(F)cc1NS(=O)(=O)c1csc(-c2ccc(C3CCC(C)(C)CC3)c(OC)c2)n1. The number of hydrogen-bond acceptors (Lipinski definition) is 7. The summed E-state index contributed by atoms with van der Waals surface area (Å²) in [4.78, 5) is 15.5. The summed E-state index contributed by atoms with van der Waals surface area (Å²) in [5, 5.41) is 10.7. The number of hydrogen-bond donors (Lipinski definition) is 2. The summed E-state index contributed by atoms with van der Waals surface area (Å²) in [6.45, 7) is 4.59. The quantitative estimate of drug-likeness (QED) is 0.347. The highest BCUT2D eigenvalue weighted by atomic mass is 32.2. The summed E-state index contributed by atoms with van der Waals surface area (Å²) in [5.74, 6) is -1.57. The van der Waals surface area contributed by atoms with Gasteiger partial charge in [-0.15, -0.1) is 11.3 Å². The first kappa shape index (κ1) is 26.9. The average molecular weight is 549 g/mol. The lowest BCUT2D eigenvalue weighted by atomic mass is 9.71. The van der Waals surface area contributed by atoms with E-state index in [-0.39, 0.29) is 16.5 Å². The van der Waals surface area contributed by atoms with E-state index in [1.807, 2.05) is 18.2 Å². The van der Waals surface area contributed by atoms with E-state index in [4.69, 9.17) is 14.6 Å². The zero-order valence-corrected chi connectivity index (χ0v) is 22.6. The van der Waals surface area contributed by atoms with E-state index in [1.165, 1.54) is 12.5 Å². The molecular weight excluding hydrogens is 519 g/mol. The second-order valence-electron chi connectivity index (χ2n) is 9.83. The normalized spacial score (nSPS) is 15.8. The van der Waals surface area contributed by atoms with E-state index in [0.29, 0.717) is 16.3 Å². The Balaban J connectivity index is 1.58. The van der Waals surface area contributed by atoms with Crippen molar-refractivity contribution >= 4 is 33.0 Å². The highest BCUT2D eigenvalue weighted by molar-refractivity contribution is 7.92. The molecule has 0 spiro atoms. The third-order valence-corrected chi connectivity index (χ3v) is 9.07. The zero-order chi connectivity index (χ0) is 27.0. The van der Waals surface area contributed by atoms with Gasteiger partial charge in [0, 0.05) is 17.0 Å². The number of methoxy groups -OCH3 is 2. The number of sulfonamides is 1. The van der Waals surface area contributed by atoms with Crippen LogP contribution in [0, 0.1) is 11.2 Å². The maximum Gasteiger partial charge on any atom is 0.338 e. The zero-order valence-electron chi connectivity index (χ0n) is 21.0. The van der Waals surface area contributed by atoms with E-state index in [2.05, 4.69) is 23.6 Å². The smallest absolute Gasteiger partial charge is 0.338 e. The van der Waals surface area contributed by atoms with Gasteiger partial charge in [0.15, 0.2) is 5.03 Å². The van der Waals surface area contributed by atoms with Crippen molar-refractivity contribution in [3.63, 3.8) is 0 Å². The summed E-state index contributed by atoms with van der Waals surface area (Å²) >= 11 is 1.15. The Kier molecular flexibility index (Phi) is 7.48. The Bertz CT molecular complexity index is 1420. The maximum absolute atomic E-state index is 14.2. The molecule has 2 aromatic carbocycles. The molecule has 198 valence electrons. The molecule has 0 amide bonds. The molecule has 1 fully saturated rings. The van der Waals surface area contributed by atoms with Crippen LogP contribution in [0.2, 0.25) is 0 Å². The predicted octanol–water partition coefficient (Wildman–Crippen LogP) is 6.15. The monoisotopic (exact) mass is 548 g/mol. The Morgan fingerprint density at radius 3 is 2.43 bits per heavy atom. The number of carbonyl (C=O) groups is 1. The number of ether oxygens (including phenoxy) is 2. The standard InChI is InChI=1S/C26H29FN2O6S2/c1-26(2)9-7-15(8-10-26)17-6-5-16(11-21(17)34-3)24-28-23(14-36-24)37(32,33)29-20-13-19(27)18(25(30)31)12-22(20)35-4/h5-6,11-15,29H,7-10H2,1-4H3,(H,30,31). The van der Waals surface area contributed by atoms with Crippen LogP contribution in [0.5, 0.6) is 11.5 Å². The first-order chi connectivity index (χ1) is 17.4. The molecule has 3 aromatic rings. The Morgan fingerprint density at radius 1 is 1.14 bits per heavy atom. The number of rotatable bonds is 8. The minimum atomic E-state index is -4.21. The molecule has 1 aliphatic rings. The van der Waals surface area contributed by atoms with E-state index >= 15 is 0 Å². The van der Waals surface area contributed by atoms with Crippen molar-refractivity contribution in [3.05, 3.63) is 52.7 Å². The van der Waals surface area contributed by atoms with Gasteiger partial charge in [-0.25, -0.2) is 14.2 Å². The van der Waals surface area contributed by atoms with Crippen molar-refractivity contribution in [1.82, 2.24) is 4.98 Å². The number of benzene rings is 2. The van der Waals surface area contributed by atoms with E-state index in [0.717, 1.165) is 66.0 Å². The van der Waals surface area contributed by atoms with Gasteiger partial charge < -0.3 is 14.6 Å². The van der Waals surface area contributed by atoms with Crippen molar-refractivity contribution in [2.24, 2.45) is 5.41 Å². The minimum absolute atomic E-state index is 0.135. The number of thiazole rings is 1. The number of nitrogens with zero attached hydrogens (tertiary/aromatic N) is 1. The van der Waals surface area contributed by atoms with Crippen LogP contribution in [-0.2, 0) is 10.0 Å². The van der Waals surface area contributed by atoms with Gasteiger partial charge in [0.1, 0.15) is 22.3 Å². The van der Waals surface area contributed by atoms with Gasteiger partial charge in [-0.05, 0) is 54.7 Å². The van der Waals surface area contributed by atoms with Crippen LogP contribution in [0.4, 0.5) is 10.1 Å². The predicted molar refractivity (Wildman–Crippen MR) is 140 cm³/mol. The molecule has 0 saturated heterocycles.